The summed E-state index contributed by atoms with van der Waals surface area (Å²) in [6, 6.07) is 2.66. The molecule has 0 bridgehead atoms. The lowest BCUT2D eigenvalue weighted by Gasteiger charge is -2.20. The molecule has 2 atom stereocenters. The van der Waals surface area contributed by atoms with E-state index in [4.69, 9.17) is 0 Å². The van der Waals surface area contributed by atoms with Crippen molar-refractivity contribution in [2.75, 3.05) is 26.2 Å². The van der Waals surface area contributed by atoms with Gasteiger partial charge in [-0.05, 0) is 49.9 Å². The Bertz CT molecular complexity index is 697. The van der Waals surface area contributed by atoms with Gasteiger partial charge in [0.25, 0.3) is 5.69 Å². The third-order valence-corrected chi connectivity index (χ3v) is 6.75. The molecule has 3 rings (SSSR count). The van der Waals surface area contributed by atoms with Crippen molar-refractivity contribution in [2.45, 2.75) is 18.7 Å². The van der Waals surface area contributed by atoms with Crippen LogP contribution in [0.3, 0.4) is 0 Å². The molecule has 0 saturated carbocycles. The molecule has 2 aliphatic heterocycles. The van der Waals surface area contributed by atoms with Crippen LogP contribution in [-0.2, 0) is 10.0 Å². The van der Waals surface area contributed by atoms with E-state index in [1.165, 1.54) is 16.4 Å². The van der Waals surface area contributed by atoms with Crippen LogP contribution in [0.5, 0.6) is 0 Å². The van der Waals surface area contributed by atoms with Gasteiger partial charge in [-0.15, -0.1) is 0 Å². The summed E-state index contributed by atoms with van der Waals surface area (Å²) >= 11 is 0. The molecule has 8 heteroatoms. The lowest BCUT2D eigenvalue weighted by molar-refractivity contribution is -0.385. The number of hydrogen-bond acceptors (Lipinski definition) is 5. The second kappa shape index (κ2) is 5.29. The van der Waals surface area contributed by atoms with Crippen molar-refractivity contribution < 1.29 is 13.3 Å². The van der Waals surface area contributed by atoms with E-state index in [0.717, 1.165) is 13.1 Å². The molecule has 0 unspecified atom stereocenters. The first-order valence-corrected chi connectivity index (χ1v) is 8.71. The molecule has 22 heavy (non-hydrogen) atoms. The maximum atomic E-state index is 12.9. The standard InChI is InChI=1S/C14H19N3O4S/c1-9-3-13(17(18)19)4-10(2)14(9)22(20,21)16-7-11-5-15-6-12(11)8-16/h3-4,11-12,15H,5-8H2,1-2H3/t11-,12+. The normalized spacial score (nSPS) is 25.4. The average Bonchev–Trinajstić information content (AvgIpc) is 2.97. The van der Waals surface area contributed by atoms with E-state index in [-0.39, 0.29) is 10.6 Å². The lowest BCUT2D eigenvalue weighted by atomic mass is 10.0. The van der Waals surface area contributed by atoms with Crippen molar-refractivity contribution in [2.24, 2.45) is 11.8 Å². The highest BCUT2D eigenvalue weighted by molar-refractivity contribution is 7.89. The summed E-state index contributed by atoms with van der Waals surface area (Å²) in [4.78, 5) is 10.6. The molecule has 1 aromatic rings. The fourth-order valence-electron chi connectivity index (χ4n) is 3.58. The highest BCUT2D eigenvalue weighted by Gasteiger charge is 2.42. The van der Waals surface area contributed by atoms with Crippen molar-refractivity contribution in [3.63, 3.8) is 0 Å². The Morgan fingerprint density at radius 3 is 2.14 bits per heavy atom. The topological polar surface area (TPSA) is 92.5 Å². The molecule has 2 fully saturated rings. The fraction of sp³-hybridized carbons (Fsp3) is 0.571. The third kappa shape index (κ3) is 2.41. The van der Waals surface area contributed by atoms with Gasteiger partial charge in [-0.2, -0.15) is 4.31 Å². The van der Waals surface area contributed by atoms with Gasteiger partial charge in [-0.25, -0.2) is 8.42 Å². The maximum absolute atomic E-state index is 12.9. The van der Waals surface area contributed by atoms with Gasteiger partial charge in [0.15, 0.2) is 0 Å². The van der Waals surface area contributed by atoms with Crippen molar-refractivity contribution >= 4 is 15.7 Å². The van der Waals surface area contributed by atoms with Crippen LogP contribution in [0, 0.1) is 35.8 Å². The summed E-state index contributed by atoms with van der Waals surface area (Å²) in [6.45, 7) is 5.99. The molecule has 1 N–H and O–H groups in total. The van der Waals surface area contributed by atoms with E-state index in [1.54, 1.807) is 13.8 Å². The third-order valence-electron chi connectivity index (χ3n) is 4.61. The minimum atomic E-state index is -3.60. The van der Waals surface area contributed by atoms with Gasteiger partial charge in [0.05, 0.1) is 9.82 Å². The van der Waals surface area contributed by atoms with Gasteiger partial charge in [-0.1, -0.05) is 0 Å². The minimum absolute atomic E-state index is 0.0727. The van der Waals surface area contributed by atoms with Gasteiger partial charge >= 0.3 is 0 Å². The molecule has 2 heterocycles. The number of nitro groups is 1. The number of hydrogen-bond donors (Lipinski definition) is 1. The summed E-state index contributed by atoms with van der Waals surface area (Å²) < 4.78 is 27.4. The Morgan fingerprint density at radius 1 is 1.18 bits per heavy atom. The van der Waals surface area contributed by atoms with Crippen molar-refractivity contribution in [3.05, 3.63) is 33.4 Å². The van der Waals surface area contributed by atoms with Crippen molar-refractivity contribution in [1.82, 2.24) is 9.62 Å². The molecule has 2 aliphatic rings. The number of nitrogens with one attached hydrogen (secondary N) is 1. The number of aryl methyl sites for hydroxylation is 2. The Morgan fingerprint density at radius 2 is 1.68 bits per heavy atom. The zero-order valence-corrected chi connectivity index (χ0v) is 13.4. The van der Waals surface area contributed by atoms with Gasteiger partial charge in [-0.3, -0.25) is 10.1 Å². The molecule has 120 valence electrons. The van der Waals surface area contributed by atoms with E-state index in [0.29, 0.717) is 36.1 Å². The lowest BCUT2D eigenvalue weighted by Crippen LogP contribution is -2.32. The predicted octanol–water partition coefficient (Wildman–Crippen LogP) is 1.05. The SMILES string of the molecule is Cc1cc([N+](=O)[O-])cc(C)c1S(=O)(=O)N1C[C@H]2CNC[C@H]2C1. The molecule has 0 radical (unpaired) electrons. The quantitative estimate of drug-likeness (QED) is 0.662. The van der Waals surface area contributed by atoms with E-state index in [9.17, 15) is 18.5 Å². The minimum Gasteiger partial charge on any atom is -0.316 e. The van der Waals surface area contributed by atoms with E-state index < -0.39 is 14.9 Å². The fourth-order valence-corrected chi connectivity index (χ4v) is 5.54. The van der Waals surface area contributed by atoms with Gasteiger partial charge < -0.3 is 5.32 Å². The second-order valence-electron chi connectivity index (χ2n) is 6.17. The van der Waals surface area contributed by atoms with Crippen LogP contribution in [0.4, 0.5) is 5.69 Å². The van der Waals surface area contributed by atoms with E-state index >= 15 is 0 Å². The summed E-state index contributed by atoms with van der Waals surface area (Å²) in [5, 5.41) is 14.2. The summed E-state index contributed by atoms with van der Waals surface area (Å²) in [7, 11) is -3.60. The van der Waals surface area contributed by atoms with Gasteiger partial charge in [0, 0.05) is 25.2 Å². The molecule has 0 amide bonds. The summed E-state index contributed by atoms with van der Waals surface area (Å²) in [5.74, 6) is 0.738. The Balaban J connectivity index is 1.98. The average molecular weight is 325 g/mol. The molecule has 0 aliphatic carbocycles. The largest absolute Gasteiger partial charge is 0.316 e. The Labute approximate surface area is 129 Å². The van der Waals surface area contributed by atoms with Crippen LogP contribution in [0.25, 0.3) is 0 Å². The van der Waals surface area contributed by atoms with Crippen LogP contribution >= 0.6 is 0 Å². The molecular weight excluding hydrogens is 306 g/mol. The Kier molecular flexibility index (Phi) is 3.70. The highest BCUT2D eigenvalue weighted by atomic mass is 32.2. The number of non-ortho nitro benzene ring substituents is 1. The number of fused-ring (bicyclic) bond motifs is 1. The smallest absolute Gasteiger partial charge is 0.270 e. The molecular formula is C14H19N3O4S. The second-order valence-corrected chi connectivity index (χ2v) is 8.04. The maximum Gasteiger partial charge on any atom is 0.270 e. The number of nitro benzene ring substituents is 1. The molecule has 2 saturated heterocycles. The first-order chi connectivity index (χ1) is 10.3. The van der Waals surface area contributed by atoms with E-state index in [2.05, 4.69) is 5.32 Å². The number of benzene rings is 1. The number of rotatable bonds is 3. The van der Waals surface area contributed by atoms with Crippen LogP contribution in [0.1, 0.15) is 11.1 Å². The number of nitrogens with zero attached hydrogens (tertiary/aromatic N) is 2. The molecule has 0 aromatic heterocycles. The zero-order valence-electron chi connectivity index (χ0n) is 12.6. The van der Waals surface area contributed by atoms with Crippen LogP contribution in [0.15, 0.2) is 17.0 Å². The van der Waals surface area contributed by atoms with Crippen molar-refractivity contribution in [1.29, 1.82) is 0 Å². The number of sulfonamides is 1. The first-order valence-electron chi connectivity index (χ1n) is 7.27. The molecule has 1 aromatic carbocycles. The summed E-state index contributed by atoms with van der Waals surface area (Å²) in [5.41, 5.74) is 0.792. The zero-order chi connectivity index (χ0) is 16.1. The van der Waals surface area contributed by atoms with Crippen LogP contribution < -0.4 is 5.32 Å². The van der Waals surface area contributed by atoms with Crippen LogP contribution in [-0.4, -0.2) is 43.8 Å². The van der Waals surface area contributed by atoms with Crippen molar-refractivity contribution in [3.8, 4) is 0 Å². The highest BCUT2D eigenvalue weighted by Crippen LogP contribution is 2.34. The van der Waals surface area contributed by atoms with Crippen LogP contribution in [0.2, 0.25) is 0 Å². The summed E-state index contributed by atoms with van der Waals surface area (Å²) in [6.07, 6.45) is 0. The van der Waals surface area contributed by atoms with Gasteiger partial charge in [0.1, 0.15) is 0 Å². The Hall–Kier alpha value is -1.51. The van der Waals surface area contributed by atoms with Gasteiger partial charge in [0.2, 0.25) is 10.0 Å². The van der Waals surface area contributed by atoms with E-state index in [1.807, 2.05) is 0 Å². The monoisotopic (exact) mass is 325 g/mol. The molecule has 7 nitrogen and oxygen atoms in total. The molecule has 0 spiro atoms. The first kappa shape index (κ1) is 15.4. The predicted molar refractivity (Wildman–Crippen MR) is 81.2 cm³/mol.